The van der Waals surface area contributed by atoms with Gasteiger partial charge in [0.15, 0.2) is 9.84 Å². The van der Waals surface area contributed by atoms with Crippen molar-refractivity contribution in [3.8, 4) is 11.3 Å². The summed E-state index contributed by atoms with van der Waals surface area (Å²) in [6.45, 7) is 2.01. The van der Waals surface area contributed by atoms with Gasteiger partial charge in [0.1, 0.15) is 11.4 Å². The van der Waals surface area contributed by atoms with Crippen LogP contribution in [0.25, 0.3) is 16.9 Å². The van der Waals surface area contributed by atoms with Crippen LogP contribution >= 0.6 is 15.9 Å². The van der Waals surface area contributed by atoms with Crippen LogP contribution in [-0.2, 0) is 20.4 Å². The van der Waals surface area contributed by atoms with Gasteiger partial charge in [0.05, 0.1) is 11.4 Å². The Hall–Kier alpha value is -2.97. The number of fused-ring (bicyclic) bond motifs is 1. The molecule has 158 valence electrons. The normalized spacial score (nSPS) is 11.5. The molecular formula is C23H20BrN3O3S. The van der Waals surface area contributed by atoms with E-state index in [4.69, 9.17) is 0 Å². The quantitative estimate of drug-likeness (QED) is 0.421. The molecule has 2 aromatic heterocycles. The van der Waals surface area contributed by atoms with Gasteiger partial charge < -0.3 is 9.72 Å². The van der Waals surface area contributed by atoms with E-state index in [2.05, 4.69) is 26.2 Å². The van der Waals surface area contributed by atoms with Gasteiger partial charge in [0.25, 0.3) is 0 Å². The van der Waals surface area contributed by atoms with E-state index in [-0.39, 0.29) is 5.75 Å². The van der Waals surface area contributed by atoms with E-state index in [1.807, 2.05) is 48.0 Å². The summed E-state index contributed by atoms with van der Waals surface area (Å²) in [5.74, 6) is -1.32. The molecule has 0 aliphatic heterocycles. The SMILES string of the molecule is Cc1cccn2cc(-c3ccc(NC(=O)CS(=O)(=O)Cc4ccc(Br)cc4)cc3)nc12. The van der Waals surface area contributed by atoms with Crippen molar-refractivity contribution in [3.63, 3.8) is 0 Å². The number of hydrogen-bond acceptors (Lipinski definition) is 4. The zero-order valence-corrected chi connectivity index (χ0v) is 19.2. The molecule has 2 heterocycles. The molecule has 1 amide bonds. The Morgan fingerprint density at radius 1 is 1.06 bits per heavy atom. The molecule has 0 fully saturated rings. The number of hydrogen-bond donors (Lipinski definition) is 1. The Bertz CT molecular complexity index is 1350. The number of aromatic nitrogens is 2. The Labute approximate surface area is 189 Å². The highest BCUT2D eigenvalue weighted by atomic mass is 79.9. The summed E-state index contributed by atoms with van der Waals surface area (Å²) < 4.78 is 27.5. The fourth-order valence-corrected chi connectivity index (χ4v) is 4.84. The van der Waals surface area contributed by atoms with Crippen LogP contribution in [0.1, 0.15) is 11.1 Å². The highest BCUT2D eigenvalue weighted by molar-refractivity contribution is 9.10. The molecule has 0 bridgehead atoms. The second-order valence-electron chi connectivity index (χ2n) is 7.33. The minimum atomic E-state index is -3.58. The zero-order valence-electron chi connectivity index (χ0n) is 16.7. The third kappa shape index (κ3) is 5.21. The average molecular weight is 498 g/mol. The molecule has 0 spiro atoms. The maximum absolute atomic E-state index is 12.4. The number of carbonyl (C=O) groups excluding carboxylic acids is 1. The van der Waals surface area contributed by atoms with Crippen molar-refractivity contribution >= 4 is 43.0 Å². The fraction of sp³-hybridized carbons (Fsp3) is 0.130. The number of nitrogens with zero attached hydrogens (tertiary/aromatic N) is 2. The molecule has 4 rings (SSSR count). The first kappa shape index (κ1) is 21.3. The molecule has 0 aliphatic rings. The third-order valence-corrected chi connectivity index (χ3v) is 6.80. The predicted molar refractivity (Wildman–Crippen MR) is 126 cm³/mol. The predicted octanol–water partition coefficient (Wildman–Crippen LogP) is 4.63. The molecule has 2 aromatic carbocycles. The van der Waals surface area contributed by atoms with Gasteiger partial charge in [-0.3, -0.25) is 4.79 Å². The van der Waals surface area contributed by atoms with Gasteiger partial charge in [-0.25, -0.2) is 13.4 Å². The molecule has 4 aromatic rings. The monoisotopic (exact) mass is 497 g/mol. The van der Waals surface area contributed by atoms with Gasteiger partial charge in [0.2, 0.25) is 5.91 Å². The lowest BCUT2D eigenvalue weighted by atomic mass is 10.1. The number of amides is 1. The molecule has 0 saturated heterocycles. The maximum atomic E-state index is 12.4. The van der Waals surface area contributed by atoms with E-state index in [1.165, 1.54) is 0 Å². The molecule has 6 nitrogen and oxygen atoms in total. The van der Waals surface area contributed by atoms with Crippen molar-refractivity contribution < 1.29 is 13.2 Å². The minimum absolute atomic E-state index is 0.181. The van der Waals surface area contributed by atoms with Crippen molar-refractivity contribution in [1.82, 2.24) is 9.38 Å². The van der Waals surface area contributed by atoms with Gasteiger partial charge in [-0.2, -0.15) is 0 Å². The van der Waals surface area contributed by atoms with Crippen molar-refractivity contribution in [3.05, 3.63) is 88.7 Å². The number of rotatable bonds is 6. The van der Waals surface area contributed by atoms with Crippen molar-refractivity contribution in [2.45, 2.75) is 12.7 Å². The Balaban J connectivity index is 1.41. The molecular weight excluding hydrogens is 478 g/mol. The number of pyridine rings is 1. The summed E-state index contributed by atoms with van der Waals surface area (Å²) >= 11 is 3.32. The Kier molecular flexibility index (Phi) is 5.93. The van der Waals surface area contributed by atoms with Crippen molar-refractivity contribution in [2.75, 3.05) is 11.1 Å². The van der Waals surface area contributed by atoms with E-state index in [0.717, 1.165) is 26.9 Å². The summed E-state index contributed by atoms with van der Waals surface area (Å²) in [5.41, 5.74) is 4.89. The first-order chi connectivity index (χ1) is 14.8. The minimum Gasteiger partial charge on any atom is -0.325 e. The topological polar surface area (TPSA) is 80.5 Å². The first-order valence-corrected chi connectivity index (χ1v) is 12.2. The van der Waals surface area contributed by atoms with Gasteiger partial charge in [-0.05, 0) is 48.4 Å². The number of benzene rings is 2. The van der Waals surface area contributed by atoms with Crippen molar-refractivity contribution in [1.29, 1.82) is 0 Å². The van der Waals surface area contributed by atoms with Gasteiger partial charge in [-0.15, -0.1) is 0 Å². The zero-order chi connectivity index (χ0) is 22.0. The van der Waals surface area contributed by atoms with Crippen LogP contribution in [0.5, 0.6) is 0 Å². The number of sulfone groups is 1. The molecule has 0 aliphatic carbocycles. The first-order valence-electron chi connectivity index (χ1n) is 9.58. The second kappa shape index (κ2) is 8.64. The number of anilines is 1. The molecule has 8 heteroatoms. The van der Waals surface area contributed by atoms with Gasteiger partial charge in [0, 0.05) is 28.1 Å². The number of imidazole rings is 1. The second-order valence-corrected chi connectivity index (χ2v) is 10.3. The highest BCUT2D eigenvalue weighted by Crippen LogP contribution is 2.22. The summed E-state index contributed by atoms with van der Waals surface area (Å²) in [6.07, 6.45) is 3.90. The molecule has 0 saturated carbocycles. The van der Waals surface area contributed by atoms with Crippen LogP contribution in [-0.4, -0.2) is 29.5 Å². The van der Waals surface area contributed by atoms with Crippen LogP contribution < -0.4 is 5.32 Å². The van der Waals surface area contributed by atoms with Gasteiger partial charge >= 0.3 is 0 Å². The van der Waals surface area contributed by atoms with E-state index in [0.29, 0.717) is 11.3 Å². The van der Waals surface area contributed by atoms with Gasteiger partial charge in [-0.1, -0.05) is 46.3 Å². The van der Waals surface area contributed by atoms with Crippen LogP contribution in [0.4, 0.5) is 5.69 Å². The van der Waals surface area contributed by atoms with Crippen LogP contribution in [0.15, 0.2) is 77.5 Å². The van der Waals surface area contributed by atoms with Crippen LogP contribution in [0, 0.1) is 6.92 Å². The average Bonchev–Trinajstić information content (AvgIpc) is 3.15. The molecule has 0 radical (unpaired) electrons. The van der Waals surface area contributed by atoms with E-state index < -0.39 is 21.5 Å². The molecule has 1 N–H and O–H groups in total. The fourth-order valence-electron chi connectivity index (χ4n) is 3.30. The van der Waals surface area contributed by atoms with Crippen LogP contribution in [0.2, 0.25) is 0 Å². The molecule has 0 atom stereocenters. The number of carbonyl (C=O) groups is 1. The summed E-state index contributed by atoms with van der Waals surface area (Å²) in [5, 5.41) is 2.66. The summed E-state index contributed by atoms with van der Waals surface area (Å²) in [6, 6.07) is 18.2. The number of halogens is 1. The number of aryl methyl sites for hydroxylation is 1. The molecule has 0 unspecified atom stereocenters. The van der Waals surface area contributed by atoms with Crippen LogP contribution in [0.3, 0.4) is 0 Å². The Morgan fingerprint density at radius 2 is 1.77 bits per heavy atom. The number of nitrogens with one attached hydrogen (secondary N) is 1. The maximum Gasteiger partial charge on any atom is 0.239 e. The van der Waals surface area contributed by atoms with E-state index >= 15 is 0 Å². The lowest BCUT2D eigenvalue weighted by molar-refractivity contribution is -0.113. The highest BCUT2D eigenvalue weighted by Gasteiger charge is 2.18. The Morgan fingerprint density at radius 3 is 2.45 bits per heavy atom. The smallest absolute Gasteiger partial charge is 0.239 e. The lowest BCUT2D eigenvalue weighted by Gasteiger charge is -2.07. The van der Waals surface area contributed by atoms with E-state index in [1.54, 1.807) is 36.4 Å². The van der Waals surface area contributed by atoms with E-state index in [9.17, 15) is 13.2 Å². The standard InChI is InChI=1S/C23H20BrN3O3S/c1-16-3-2-12-27-13-21(26-23(16)27)18-6-10-20(11-7-18)25-22(28)15-31(29,30)14-17-4-8-19(24)9-5-17/h2-13H,14-15H2,1H3,(H,25,28). The largest absolute Gasteiger partial charge is 0.325 e. The molecule has 31 heavy (non-hydrogen) atoms. The lowest BCUT2D eigenvalue weighted by Crippen LogP contribution is -2.23. The summed E-state index contributed by atoms with van der Waals surface area (Å²) in [4.78, 5) is 16.9. The van der Waals surface area contributed by atoms with Crippen molar-refractivity contribution in [2.24, 2.45) is 0 Å². The summed E-state index contributed by atoms with van der Waals surface area (Å²) in [7, 11) is -3.58. The third-order valence-electron chi connectivity index (χ3n) is 4.79.